The highest BCUT2D eigenvalue weighted by molar-refractivity contribution is 5.70. The van der Waals surface area contributed by atoms with E-state index in [1.807, 2.05) is 26.0 Å². The van der Waals surface area contributed by atoms with E-state index in [0.29, 0.717) is 5.88 Å². The predicted octanol–water partition coefficient (Wildman–Crippen LogP) is 3.64. The number of benzene rings is 1. The van der Waals surface area contributed by atoms with Crippen LogP contribution in [0, 0.1) is 13.8 Å². The minimum Gasteiger partial charge on any atom is -0.481 e. The van der Waals surface area contributed by atoms with E-state index < -0.39 is 0 Å². The van der Waals surface area contributed by atoms with Crippen molar-refractivity contribution >= 4 is 0 Å². The average Bonchev–Trinajstić information content (AvgIpc) is 2.39. The first-order valence-corrected chi connectivity index (χ1v) is 5.57. The van der Waals surface area contributed by atoms with Gasteiger partial charge in [0.25, 0.3) is 0 Å². The number of aryl methyl sites for hydroxylation is 2. The highest BCUT2D eigenvalue weighted by Gasteiger charge is 2.08. The maximum Gasteiger partial charge on any atom is 0.213 e. The Kier molecular flexibility index (Phi) is 3.46. The lowest BCUT2D eigenvalue weighted by Gasteiger charge is -2.10. The third-order valence-electron chi connectivity index (χ3n) is 2.85. The second-order valence-electron chi connectivity index (χ2n) is 4.04. The molecule has 1 aromatic carbocycles. The first-order chi connectivity index (χ1) is 8.65. The van der Waals surface area contributed by atoms with E-state index in [2.05, 4.69) is 9.93 Å². The van der Waals surface area contributed by atoms with Crippen LogP contribution in [-0.4, -0.2) is 12.1 Å². The molecule has 0 radical (unpaired) electrons. The summed E-state index contributed by atoms with van der Waals surface area (Å²) < 4.78 is 17.2. The van der Waals surface area contributed by atoms with Crippen molar-refractivity contribution in [1.82, 2.24) is 4.98 Å². The first-order valence-electron chi connectivity index (χ1n) is 5.57. The number of pyridine rings is 1. The summed E-state index contributed by atoms with van der Waals surface area (Å²) >= 11 is 0. The standard InChI is InChI=1S/C14H14FNO2/c1-9-8-11(18-15)4-5-12(9)13-6-7-14(17-3)16-10(13)2/h4-8H,1-3H3. The number of rotatable bonds is 3. The van der Waals surface area contributed by atoms with Gasteiger partial charge in [-0.3, -0.25) is 4.94 Å². The molecule has 0 atom stereocenters. The van der Waals surface area contributed by atoms with Gasteiger partial charge in [-0.1, -0.05) is 6.07 Å². The van der Waals surface area contributed by atoms with Gasteiger partial charge in [0, 0.05) is 21.8 Å². The molecule has 0 N–H and O–H groups in total. The van der Waals surface area contributed by atoms with Crippen LogP contribution < -0.4 is 9.68 Å². The van der Waals surface area contributed by atoms with E-state index in [1.54, 1.807) is 25.3 Å². The van der Waals surface area contributed by atoms with Crippen LogP contribution in [0.3, 0.4) is 0 Å². The van der Waals surface area contributed by atoms with E-state index in [4.69, 9.17) is 4.74 Å². The third kappa shape index (κ3) is 2.27. The van der Waals surface area contributed by atoms with Crippen LogP contribution >= 0.6 is 0 Å². The molecule has 94 valence electrons. The summed E-state index contributed by atoms with van der Waals surface area (Å²) in [5, 5.41) is 0. The molecule has 3 nitrogen and oxygen atoms in total. The molecular formula is C14H14FNO2. The summed E-state index contributed by atoms with van der Waals surface area (Å²) in [4.78, 5) is 8.04. The SMILES string of the molecule is COc1ccc(-c2ccc(OF)cc2C)c(C)n1. The predicted molar refractivity (Wildman–Crippen MR) is 67.4 cm³/mol. The second-order valence-corrected chi connectivity index (χ2v) is 4.04. The topological polar surface area (TPSA) is 31.4 Å². The fourth-order valence-corrected chi connectivity index (χ4v) is 1.92. The van der Waals surface area contributed by atoms with Crippen LogP contribution in [0.4, 0.5) is 4.53 Å². The average molecular weight is 247 g/mol. The number of nitrogens with zero attached hydrogens (tertiary/aromatic N) is 1. The molecule has 0 saturated heterocycles. The molecule has 1 heterocycles. The minimum absolute atomic E-state index is 0.204. The number of ether oxygens (including phenoxy) is 1. The fraction of sp³-hybridized carbons (Fsp3) is 0.214. The van der Waals surface area contributed by atoms with E-state index in [-0.39, 0.29) is 5.75 Å². The molecule has 0 aliphatic rings. The third-order valence-corrected chi connectivity index (χ3v) is 2.85. The Hall–Kier alpha value is -2.10. The summed E-state index contributed by atoms with van der Waals surface area (Å²) in [6.45, 7) is 3.82. The summed E-state index contributed by atoms with van der Waals surface area (Å²) in [6, 6.07) is 8.81. The van der Waals surface area contributed by atoms with Crippen molar-refractivity contribution < 1.29 is 14.2 Å². The van der Waals surface area contributed by atoms with Gasteiger partial charge in [-0.05, 0) is 43.2 Å². The molecule has 0 bridgehead atoms. The van der Waals surface area contributed by atoms with Gasteiger partial charge in [-0.15, -0.1) is 0 Å². The maximum absolute atomic E-state index is 12.1. The minimum atomic E-state index is 0.204. The molecule has 0 spiro atoms. The molecular weight excluding hydrogens is 233 g/mol. The monoisotopic (exact) mass is 247 g/mol. The lowest BCUT2D eigenvalue weighted by Crippen LogP contribution is -1.94. The van der Waals surface area contributed by atoms with Crippen molar-refractivity contribution in [2.45, 2.75) is 13.8 Å². The van der Waals surface area contributed by atoms with Crippen LogP contribution in [0.25, 0.3) is 11.1 Å². The van der Waals surface area contributed by atoms with Crippen molar-refractivity contribution in [3.63, 3.8) is 0 Å². The van der Waals surface area contributed by atoms with Crippen LogP contribution in [0.1, 0.15) is 11.3 Å². The molecule has 0 aliphatic heterocycles. The zero-order chi connectivity index (χ0) is 13.1. The highest BCUT2D eigenvalue weighted by atomic mass is 19.3. The van der Waals surface area contributed by atoms with E-state index in [9.17, 15) is 4.53 Å². The van der Waals surface area contributed by atoms with Gasteiger partial charge in [0.1, 0.15) is 0 Å². The van der Waals surface area contributed by atoms with Gasteiger partial charge < -0.3 is 4.74 Å². The smallest absolute Gasteiger partial charge is 0.213 e. The molecule has 0 fully saturated rings. The number of halogens is 1. The fourth-order valence-electron chi connectivity index (χ4n) is 1.92. The Morgan fingerprint density at radius 2 is 1.78 bits per heavy atom. The Morgan fingerprint density at radius 1 is 1.06 bits per heavy atom. The van der Waals surface area contributed by atoms with Crippen LogP contribution in [-0.2, 0) is 0 Å². The summed E-state index contributed by atoms with van der Waals surface area (Å²) in [6.07, 6.45) is 0. The molecule has 0 saturated carbocycles. The van der Waals surface area contributed by atoms with E-state index in [0.717, 1.165) is 22.4 Å². The van der Waals surface area contributed by atoms with Crippen molar-refractivity contribution in [1.29, 1.82) is 0 Å². The molecule has 2 aromatic rings. The Labute approximate surface area is 105 Å². The first kappa shape index (κ1) is 12.4. The van der Waals surface area contributed by atoms with E-state index in [1.165, 1.54) is 0 Å². The van der Waals surface area contributed by atoms with Gasteiger partial charge >= 0.3 is 0 Å². The van der Waals surface area contributed by atoms with Crippen molar-refractivity contribution in [2.75, 3.05) is 7.11 Å². The van der Waals surface area contributed by atoms with Gasteiger partial charge in [-0.25, -0.2) is 4.98 Å². The lowest BCUT2D eigenvalue weighted by molar-refractivity contribution is -0.00624. The lowest BCUT2D eigenvalue weighted by atomic mass is 9.99. The molecule has 2 rings (SSSR count). The summed E-state index contributed by atoms with van der Waals surface area (Å²) in [7, 11) is 1.58. The molecule has 0 aliphatic carbocycles. The van der Waals surface area contributed by atoms with Crippen LogP contribution in [0.15, 0.2) is 30.3 Å². The largest absolute Gasteiger partial charge is 0.481 e. The van der Waals surface area contributed by atoms with Crippen LogP contribution in [0.5, 0.6) is 11.6 Å². The molecule has 18 heavy (non-hydrogen) atoms. The Balaban J connectivity index is 2.48. The van der Waals surface area contributed by atoms with Gasteiger partial charge in [0.15, 0.2) is 5.75 Å². The highest BCUT2D eigenvalue weighted by Crippen LogP contribution is 2.29. The summed E-state index contributed by atoms with van der Waals surface area (Å²) in [5.41, 5.74) is 3.80. The molecule has 4 heteroatoms. The molecule has 0 unspecified atom stereocenters. The zero-order valence-corrected chi connectivity index (χ0v) is 10.5. The number of hydrogen-bond donors (Lipinski definition) is 0. The quantitative estimate of drug-likeness (QED) is 0.829. The van der Waals surface area contributed by atoms with Gasteiger partial charge in [0.05, 0.1) is 7.11 Å². The normalized spacial score (nSPS) is 10.2. The van der Waals surface area contributed by atoms with Crippen molar-refractivity contribution in [2.24, 2.45) is 0 Å². The van der Waals surface area contributed by atoms with Gasteiger partial charge in [-0.2, -0.15) is 0 Å². The van der Waals surface area contributed by atoms with Crippen LogP contribution in [0.2, 0.25) is 0 Å². The Morgan fingerprint density at radius 3 is 2.33 bits per heavy atom. The zero-order valence-electron chi connectivity index (χ0n) is 10.5. The maximum atomic E-state index is 12.1. The summed E-state index contributed by atoms with van der Waals surface area (Å²) in [5.74, 6) is 0.785. The van der Waals surface area contributed by atoms with Gasteiger partial charge in [0.2, 0.25) is 5.88 Å². The molecule has 0 amide bonds. The number of hydrogen-bond acceptors (Lipinski definition) is 3. The number of aromatic nitrogens is 1. The second kappa shape index (κ2) is 5.04. The van der Waals surface area contributed by atoms with E-state index >= 15 is 0 Å². The van der Waals surface area contributed by atoms with Crippen molar-refractivity contribution in [3.05, 3.63) is 41.6 Å². The number of methoxy groups -OCH3 is 1. The van der Waals surface area contributed by atoms with Crippen molar-refractivity contribution in [3.8, 4) is 22.8 Å². The molecule has 1 aromatic heterocycles. The Bertz CT molecular complexity index is 518.